The van der Waals surface area contributed by atoms with Crippen LogP contribution in [0.15, 0.2) is 35.1 Å². The lowest BCUT2D eigenvalue weighted by atomic mass is 10.0. The molecule has 102 valence electrons. The monoisotopic (exact) mass is 323 g/mol. The molecule has 1 aromatic carbocycles. The van der Waals surface area contributed by atoms with Crippen LogP contribution in [-0.2, 0) is 13.0 Å². The normalized spacial score (nSPS) is 12.4. The molecule has 19 heavy (non-hydrogen) atoms. The first kappa shape index (κ1) is 14.1. The van der Waals surface area contributed by atoms with Gasteiger partial charge in [0.2, 0.25) is 0 Å². The van der Waals surface area contributed by atoms with E-state index < -0.39 is 0 Å². The zero-order valence-electron chi connectivity index (χ0n) is 11.1. The van der Waals surface area contributed by atoms with E-state index in [1.165, 1.54) is 0 Å². The van der Waals surface area contributed by atoms with Gasteiger partial charge in [-0.25, -0.2) is 0 Å². The maximum absolute atomic E-state index is 6.28. The fourth-order valence-electron chi connectivity index (χ4n) is 1.98. The summed E-state index contributed by atoms with van der Waals surface area (Å²) in [4.78, 5) is 0. The maximum atomic E-state index is 6.28. The van der Waals surface area contributed by atoms with Gasteiger partial charge in [-0.2, -0.15) is 5.10 Å². The van der Waals surface area contributed by atoms with Gasteiger partial charge in [-0.1, -0.05) is 15.9 Å². The molecule has 4 nitrogen and oxygen atoms in total. The van der Waals surface area contributed by atoms with Gasteiger partial charge in [0, 0.05) is 23.3 Å². The minimum absolute atomic E-state index is 0.0843. The average Bonchev–Trinajstić information content (AvgIpc) is 2.87. The molecule has 5 heteroatoms. The third-order valence-electron chi connectivity index (χ3n) is 3.07. The van der Waals surface area contributed by atoms with Crippen LogP contribution in [0.5, 0.6) is 5.75 Å². The quantitative estimate of drug-likeness (QED) is 0.920. The van der Waals surface area contributed by atoms with Gasteiger partial charge in [-0.15, -0.1) is 0 Å². The van der Waals surface area contributed by atoms with E-state index in [0.717, 1.165) is 34.3 Å². The predicted molar refractivity (Wildman–Crippen MR) is 79.2 cm³/mol. The number of ether oxygens (including phenoxy) is 1. The first-order valence-electron chi connectivity index (χ1n) is 6.24. The van der Waals surface area contributed by atoms with Gasteiger partial charge in [0.15, 0.2) is 0 Å². The largest absolute Gasteiger partial charge is 0.497 e. The number of aryl methyl sites for hydroxylation is 1. The molecule has 0 amide bonds. The van der Waals surface area contributed by atoms with E-state index in [-0.39, 0.29) is 6.04 Å². The number of nitrogens with zero attached hydrogens (tertiary/aromatic N) is 2. The Morgan fingerprint density at radius 2 is 2.26 bits per heavy atom. The number of hydrogen-bond acceptors (Lipinski definition) is 3. The highest BCUT2D eigenvalue weighted by atomic mass is 79.9. The second kappa shape index (κ2) is 6.21. The van der Waals surface area contributed by atoms with Crippen LogP contribution < -0.4 is 10.5 Å². The zero-order chi connectivity index (χ0) is 13.8. The average molecular weight is 324 g/mol. The smallest absolute Gasteiger partial charge is 0.119 e. The molecule has 0 aliphatic carbocycles. The van der Waals surface area contributed by atoms with Crippen molar-refractivity contribution in [2.24, 2.45) is 5.73 Å². The number of methoxy groups -OCH3 is 1. The Hall–Kier alpha value is -1.33. The Labute approximate surface area is 121 Å². The van der Waals surface area contributed by atoms with Crippen molar-refractivity contribution in [2.45, 2.75) is 25.9 Å². The van der Waals surface area contributed by atoms with Crippen LogP contribution in [0.1, 0.15) is 24.1 Å². The Morgan fingerprint density at radius 3 is 2.89 bits per heavy atom. The highest BCUT2D eigenvalue weighted by Crippen LogP contribution is 2.28. The zero-order valence-corrected chi connectivity index (χ0v) is 12.7. The number of nitrogens with two attached hydrogens (primary N) is 1. The molecule has 1 heterocycles. The lowest BCUT2D eigenvalue weighted by molar-refractivity contribution is 0.413. The van der Waals surface area contributed by atoms with E-state index in [1.807, 2.05) is 35.3 Å². The predicted octanol–water partition coefficient (Wildman–Crippen LogP) is 2.92. The van der Waals surface area contributed by atoms with Crippen molar-refractivity contribution in [3.63, 3.8) is 0 Å². The van der Waals surface area contributed by atoms with Crippen LogP contribution >= 0.6 is 15.9 Å². The van der Waals surface area contributed by atoms with Gasteiger partial charge in [-0.05, 0) is 42.7 Å². The van der Waals surface area contributed by atoms with Crippen LogP contribution in [0.4, 0.5) is 0 Å². The molecule has 1 aromatic heterocycles. The summed E-state index contributed by atoms with van der Waals surface area (Å²) in [5, 5.41) is 4.26. The number of rotatable bonds is 5. The van der Waals surface area contributed by atoms with E-state index in [4.69, 9.17) is 10.5 Å². The molecule has 0 radical (unpaired) electrons. The summed E-state index contributed by atoms with van der Waals surface area (Å²) in [7, 11) is 1.66. The summed E-state index contributed by atoms with van der Waals surface area (Å²) in [6.45, 7) is 2.94. The molecule has 0 fully saturated rings. The standard InChI is InChI=1S/C14H18BrN3O/c1-3-18-9-10(8-17-18)6-14(16)12-7-11(19-2)4-5-13(12)15/h4-5,7-9,14H,3,6,16H2,1-2H3. The van der Waals surface area contributed by atoms with Crippen molar-refractivity contribution in [3.8, 4) is 5.75 Å². The van der Waals surface area contributed by atoms with Crippen molar-refractivity contribution in [1.82, 2.24) is 9.78 Å². The van der Waals surface area contributed by atoms with E-state index in [2.05, 4.69) is 28.0 Å². The minimum atomic E-state index is -0.0843. The molecule has 2 rings (SSSR count). The van der Waals surface area contributed by atoms with Gasteiger partial charge in [-0.3, -0.25) is 4.68 Å². The SMILES string of the molecule is CCn1cc(CC(N)c2cc(OC)ccc2Br)cn1. The third-order valence-corrected chi connectivity index (χ3v) is 3.79. The molecular weight excluding hydrogens is 306 g/mol. The van der Waals surface area contributed by atoms with Crippen molar-refractivity contribution in [3.05, 3.63) is 46.2 Å². The van der Waals surface area contributed by atoms with Crippen LogP contribution in [0.3, 0.4) is 0 Å². The van der Waals surface area contributed by atoms with E-state index >= 15 is 0 Å². The second-order valence-corrected chi connectivity index (χ2v) is 5.26. The van der Waals surface area contributed by atoms with Crippen molar-refractivity contribution < 1.29 is 4.74 Å². The molecule has 0 saturated heterocycles. The summed E-state index contributed by atoms with van der Waals surface area (Å²) >= 11 is 3.54. The summed E-state index contributed by atoms with van der Waals surface area (Å²) in [5.41, 5.74) is 8.47. The van der Waals surface area contributed by atoms with Gasteiger partial charge < -0.3 is 10.5 Å². The molecule has 1 atom stereocenters. The first-order chi connectivity index (χ1) is 9.13. The molecule has 0 aliphatic heterocycles. The summed E-state index contributed by atoms with van der Waals surface area (Å²) in [6.07, 6.45) is 4.66. The molecular formula is C14H18BrN3O. The van der Waals surface area contributed by atoms with E-state index in [0.29, 0.717) is 0 Å². The lowest BCUT2D eigenvalue weighted by Crippen LogP contribution is -2.14. The maximum Gasteiger partial charge on any atom is 0.119 e. The van der Waals surface area contributed by atoms with Crippen LogP contribution in [0.2, 0.25) is 0 Å². The molecule has 0 spiro atoms. The highest BCUT2D eigenvalue weighted by Gasteiger charge is 2.13. The minimum Gasteiger partial charge on any atom is -0.497 e. The number of aromatic nitrogens is 2. The molecule has 2 N–H and O–H groups in total. The number of hydrogen-bond donors (Lipinski definition) is 1. The first-order valence-corrected chi connectivity index (χ1v) is 7.03. The highest BCUT2D eigenvalue weighted by molar-refractivity contribution is 9.10. The summed E-state index contributed by atoms with van der Waals surface area (Å²) < 4.78 is 8.15. The van der Waals surface area contributed by atoms with Crippen LogP contribution in [-0.4, -0.2) is 16.9 Å². The molecule has 2 aromatic rings. The number of benzene rings is 1. The van der Waals surface area contributed by atoms with Crippen LogP contribution in [0, 0.1) is 0 Å². The number of halogens is 1. The van der Waals surface area contributed by atoms with Gasteiger partial charge in [0.05, 0.1) is 13.3 Å². The van der Waals surface area contributed by atoms with Gasteiger partial charge in [0.25, 0.3) is 0 Å². The second-order valence-electron chi connectivity index (χ2n) is 4.40. The van der Waals surface area contributed by atoms with E-state index in [9.17, 15) is 0 Å². The van der Waals surface area contributed by atoms with Gasteiger partial charge >= 0.3 is 0 Å². The third kappa shape index (κ3) is 3.36. The Kier molecular flexibility index (Phi) is 4.61. The Bertz CT molecular complexity index is 553. The summed E-state index contributed by atoms with van der Waals surface area (Å²) in [5.74, 6) is 0.818. The molecule has 0 bridgehead atoms. The molecule has 0 saturated carbocycles. The Morgan fingerprint density at radius 1 is 1.47 bits per heavy atom. The van der Waals surface area contributed by atoms with Gasteiger partial charge in [0.1, 0.15) is 5.75 Å². The summed E-state index contributed by atoms with van der Waals surface area (Å²) in [6, 6.07) is 5.76. The topological polar surface area (TPSA) is 53.1 Å². The van der Waals surface area contributed by atoms with Crippen molar-refractivity contribution >= 4 is 15.9 Å². The Balaban J connectivity index is 2.16. The molecule has 1 unspecified atom stereocenters. The fraction of sp³-hybridized carbons (Fsp3) is 0.357. The fourth-order valence-corrected chi connectivity index (χ4v) is 2.52. The molecule has 0 aliphatic rings. The van der Waals surface area contributed by atoms with Crippen molar-refractivity contribution in [1.29, 1.82) is 0 Å². The van der Waals surface area contributed by atoms with Crippen LogP contribution in [0.25, 0.3) is 0 Å². The van der Waals surface area contributed by atoms with E-state index in [1.54, 1.807) is 7.11 Å². The van der Waals surface area contributed by atoms with Crippen molar-refractivity contribution in [2.75, 3.05) is 7.11 Å². The lowest BCUT2D eigenvalue weighted by Gasteiger charge is -2.14.